The van der Waals surface area contributed by atoms with Crippen molar-refractivity contribution >= 4 is 5.97 Å². The SMILES string of the molecule is COC(=O)C(C)(C)Cn1cncc1C1CCNC1. The third-order valence-electron chi connectivity index (χ3n) is 3.53. The molecule has 1 atom stereocenters. The first-order valence-electron chi connectivity index (χ1n) is 6.34. The van der Waals surface area contributed by atoms with Crippen molar-refractivity contribution in [3.05, 3.63) is 18.2 Å². The molecule has 5 heteroatoms. The molecule has 0 bridgehead atoms. The van der Waals surface area contributed by atoms with E-state index in [2.05, 4.69) is 14.9 Å². The Balaban J connectivity index is 2.14. The molecule has 2 heterocycles. The van der Waals surface area contributed by atoms with Crippen molar-refractivity contribution < 1.29 is 9.53 Å². The molecule has 5 nitrogen and oxygen atoms in total. The normalized spacial score (nSPS) is 20.1. The van der Waals surface area contributed by atoms with E-state index in [1.807, 2.05) is 20.0 Å². The van der Waals surface area contributed by atoms with E-state index >= 15 is 0 Å². The van der Waals surface area contributed by atoms with Crippen LogP contribution in [0.1, 0.15) is 31.9 Å². The summed E-state index contributed by atoms with van der Waals surface area (Å²) in [5, 5.41) is 3.35. The molecule has 1 aliphatic rings. The second kappa shape index (κ2) is 5.10. The van der Waals surface area contributed by atoms with Crippen LogP contribution >= 0.6 is 0 Å². The molecule has 0 saturated carbocycles. The zero-order chi connectivity index (χ0) is 13.2. The fourth-order valence-electron chi connectivity index (χ4n) is 2.48. The minimum Gasteiger partial charge on any atom is -0.469 e. The highest BCUT2D eigenvalue weighted by atomic mass is 16.5. The Kier molecular flexibility index (Phi) is 3.71. The van der Waals surface area contributed by atoms with Gasteiger partial charge in [0.2, 0.25) is 0 Å². The maximum absolute atomic E-state index is 11.7. The highest BCUT2D eigenvalue weighted by Crippen LogP contribution is 2.26. The number of nitrogens with one attached hydrogen (secondary N) is 1. The smallest absolute Gasteiger partial charge is 0.313 e. The Morgan fingerprint density at radius 3 is 3.06 bits per heavy atom. The minimum atomic E-state index is -0.532. The largest absolute Gasteiger partial charge is 0.469 e. The minimum absolute atomic E-state index is 0.188. The number of nitrogens with zero attached hydrogens (tertiary/aromatic N) is 2. The van der Waals surface area contributed by atoms with Crippen LogP contribution < -0.4 is 5.32 Å². The lowest BCUT2D eigenvalue weighted by Gasteiger charge is -2.24. The van der Waals surface area contributed by atoms with Gasteiger partial charge < -0.3 is 14.6 Å². The van der Waals surface area contributed by atoms with Crippen LogP contribution in [-0.4, -0.2) is 35.7 Å². The van der Waals surface area contributed by atoms with E-state index in [0.717, 1.165) is 19.5 Å². The number of carbonyl (C=O) groups excluding carboxylic acids is 1. The first-order chi connectivity index (χ1) is 8.54. The zero-order valence-electron chi connectivity index (χ0n) is 11.3. The predicted octanol–water partition coefficient (Wildman–Crippen LogP) is 1.16. The summed E-state index contributed by atoms with van der Waals surface area (Å²) >= 11 is 0. The van der Waals surface area contributed by atoms with Crippen LogP contribution in [0.15, 0.2) is 12.5 Å². The molecule has 1 aliphatic heterocycles. The van der Waals surface area contributed by atoms with Gasteiger partial charge in [-0.3, -0.25) is 4.79 Å². The van der Waals surface area contributed by atoms with Crippen LogP contribution in [0.4, 0.5) is 0 Å². The van der Waals surface area contributed by atoms with E-state index in [1.54, 1.807) is 6.33 Å². The fourth-order valence-corrected chi connectivity index (χ4v) is 2.48. The standard InChI is InChI=1S/C13H21N3O2/c1-13(2,12(17)18-3)8-16-9-15-7-11(16)10-4-5-14-6-10/h7,9-10,14H,4-6,8H2,1-3H3. The molecule has 18 heavy (non-hydrogen) atoms. The number of aromatic nitrogens is 2. The Hall–Kier alpha value is -1.36. The van der Waals surface area contributed by atoms with E-state index < -0.39 is 5.41 Å². The number of imidazole rings is 1. The maximum atomic E-state index is 11.7. The second-order valence-electron chi connectivity index (χ2n) is 5.51. The summed E-state index contributed by atoms with van der Waals surface area (Å²) in [4.78, 5) is 15.9. The zero-order valence-corrected chi connectivity index (χ0v) is 11.3. The van der Waals surface area contributed by atoms with Crippen LogP contribution in [0, 0.1) is 5.41 Å². The first-order valence-corrected chi connectivity index (χ1v) is 6.34. The van der Waals surface area contributed by atoms with Crippen molar-refractivity contribution in [1.82, 2.24) is 14.9 Å². The number of methoxy groups -OCH3 is 1. The van der Waals surface area contributed by atoms with Gasteiger partial charge in [0.05, 0.1) is 18.9 Å². The summed E-state index contributed by atoms with van der Waals surface area (Å²) in [5.41, 5.74) is 0.674. The van der Waals surface area contributed by atoms with Crippen LogP contribution in [0.5, 0.6) is 0 Å². The van der Waals surface area contributed by atoms with E-state index in [9.17, 15) is 4.79 Å². The average molecular weight is 251 g/mol. The van der Waals surface area contributed by atoms with Gasteiger partial charge in [0, 0.05) is 30.9 Å². The predicted molar refractivity (Wildman–Crippen MR) is 68.3 cm³/mol. The first kappa shape index (κ1) is 13.1. The Bertz CT molecular complexity index is 420. The molecular weight excluding hydrogens is 230 g/mol. The lowest BCUT2D eigenvalue weighted by atomic mass is 9.93. The number of hydrogen-bond acceptors (Lipinski definition) is 4. The Morgan fingerprint density at radius 2 is 2.44 bits per heavy atom. The van der Waals surface area contributed by atoms with Crippen LogP contribution in [0.3, 0.4) is 0 Å². The molecule has 1 unspecified atom stereocenters. The Labute approximate surface area is 108 Å². The molecule has 0 aromatic carbocycles. The quantitative estimate of drug-likeness (QED) is 0.816. The molecule has 2 rings (SSSR count). The molecule has 1 aromatic heterocycles. The van der Waals surface area contributed by atoms with E-state index in [0.29, 0.717) is 12.5 Å². The molecule has 0 amide bonds. The number of hydrogen-bond donors (Lipinski definition) is 1. The van der Waals surface area contributed by atoms with Gasteiger partial charge in [-0.2, -0.15) is 0 Å². The third kappa shape index (κ3) is 2.56. The molecule has 100 valence electrons. The molecule has 1 fully saturated rings. The van der Waals surface area contributed by atoms with Crippen LogP contribution in [0.2, 0.25) is 0 Å². The van der Waals surface area contributed by atoms with E-state index in [1.165, 1.54) is 12.8 Å². The van der Waals surface area contributed by atoms with Gasteiger partial charge in [0.1, 0.15) is 0 Å². The van der Waals surface area contributed by atoms with Crippen molar-refractivity contribution in [2.45, 2.75) is 32.7 Å². The fraction of sp³-hybridized carbons (Fsp3) is 0.692. The molecule has 1 N–H and O–H groups in total. The summed E-state index contributed by atoms with van der Waals surface area (Å²) in [6.45, 7) is 6.44. The van der Waals surface area contributed by atoms with Crippen molar-refractivity contribution in [2.24, 2.45) is 5.41 Å². The summed E-state index contributed by atoms with van der Waals surface area (Å²) in [6.07, 6.45) is 4.84. The summed E-state index contributed by atoms with van der Waals surface area (Å²) in [6, 6.07) is 0. The van der Waals surface area contributed by atoms with Crippen molar-refractivity contribution in [3.8, 4) is 0 Å². The number of esters is 1. The third-order valence-corrected chi connectivity index (χ3v) is 3.53. The van der Waals surface area contributed by atoms with Crippen LogP contribution in [0.25, 0.3) is 0 Å². The molecule has 1 saturated heterocycles. The van der Waals surface area contributed by atoms with Crippen molar-refractivity contribution in [3.63, 3.8) is 0 Å². The summed E-state index contributed by atoms with van der Waals surface area (Å²) < 4.78 is 6.92. The van der Waals surface area contributed by atoms with Gasteiger partial charge in [-0.25, -0.2) is 4.98 Å². The van der Waals surface area contributed by atoms with E-state index in [-0.39, 0.29) is 5.97 Å². The van der Waals surface area contributed by atoms with Crippen molar-refractivity contribution in [1.29, 1.82) is 0 Å². The summed E-state index contributed by atoms with van der Waals surface area (Å²) in [5.74, 6) is 0.313. The second-order valence-corrected chi connectivity index (χ2v) is 5.51. The molecule has 0 radical (unpaired) electrons. The highest BCUT2D eigenvalue weighted by molar-refractivity contribution is 5.75. The lowest BCUT2D eigenvalue weighted by molar-refractivity contribution is -0.151. The highest BCUT2D eigenvalue weighted by Gasteiger charge is 2.31. The van der Waals surface area contributed by atoms with Gasteiger partial charge in [-0.1, -0.05) is 0 Å². The lowest BCUT2D eigenvalue weighted by Crippen LogP contribution is -2.31. The van der Waals surface area contributed by atoms with Gasteiger partial charge in [0.25, 0.3) is 0 Å². The number of carbonyl (C=O) groups is 1. The van der Waals surface area contributed by atoms with E-state index in [4.69, 9.17) is 4.74 Å². The molecule has 0 spiro atoms. The molecule has 1 aromatic rings. The topological polar surface area (TPSA) is 56.2 Å². The van der Waals surface area contributed by atoms with Gasteiger partial charge in [-0.05, 0) is 26.8 Å². The Morgan fingerprint density at radius 1 is 1.67 bits per heavy atom. The van der Waals surface area contributed by atoms with Crippen LogP contribution in [-0.2, 0) is 16.1 Å². The number of ether oxygens (including phenoxy) is 1. The maximum Gasteiger partial charge on any atom is 0.313 e. The average Bonchev–Trinajstić information content (AvgIpc) is 2.97. The van der Waals surface area contributed by atoms with Gasteiger partial charge >= 0.3 is 5.97 Å². The monoisotopic (exact) mass is 251 g/mol. The van der Waals surface area contributed by atoms with Crippen molar-refractivity contribution in [2.75, 3.05) is 20.2 Å². The summed E-state index contributed by atoms with van der Waals surface area (Å²) in [7, 11) is 1.43. The van der Waals surface area contributed by atoms with Gasteiger partial charge in [0.15, 0.2) is 0 Å². The molecular formula is C13H21N3O2. The molecule has 0 aliphatic carbocycles. The van der Waals surface area contributed by atoms with Gasteiger partial charge in [-0.15, -0.1) is 0 Å². The number of rotatable bonds is 4.